The Kier molecular flexibility index (Phi) is 6.05. The Hall–Kier alpha value is -1.88. The average molecular weight is 438 g/mol. The normalized spacial score (nSPS) is 22.7. The molecule has 164 valence electrons. The van der Waals surface area contributed by atoms with Crippen LogP contribution in [0.5, 0.6) is 0 Å². The minimum absolute atomic E-state index is 0.403. The van der Waals surface area contributed by atoms with E-state index in [0.29, 0.717) is 23.5 Å². The van der Waals surface area contributed by atoms with Crippen molar-refractivity contribution in [3.05, 3.63) is 64.4 Å². The van der Waals surface area contributed by atoms with Gasteiger partial charge < -0.3 is 15.0 Å². The zero-order valence-corrected chi connectivity index (χ0v) is 19.0. The van der Waals surface area contributed by atoms with E-state index in [4.69, 9.17) is 16.6 Å². The lowest BCUT2D eigenvalue weighted by molar-refractivity contribution is 0.189. The molecule has 1 fully saturated rings. The molecule has 5 rings (SSSR count). The van der Waals surface area contributed by atoms with E-state index >= 15 is 0 Å². The molecule has 0 amide bonds. The van der Waals surface area contributed by atoms with Gasteiger partial charge in [0.1, 0.15) is 5.82 Å². The number of hydrogen-bond acceptors (Lipinski definition) is 3. The van der Waals surface area contributed by atoms with Gasteiger partial charge >= 0.3 is 0 Å². The summed E-state index contributed by atoms with van der Waals surface area (Å²) in [6.45, 7) is 2.95. The number of hydrogen-bond donors (Lipinski definition) is 2. The van der Waals surface area contributed by atoms with Crippen LogP contribution in [0.15, 0.2) is 42.5 Å². The number of imidazole rings is 1. The Balaban J connectivity index is 1.22. The van der Waals surface area contributed by atoms with E-state index in [1.165, 1.54) is 36.8 Å². The Bertz CT molecular complexity index is 1030. The van der Waals surface area contributed by atoms with Crippen LogP contribution < -0.4 is 5.32 Å². The summed E-state index contributed by atoms with van der Waals surface area (Å²) in [4.78, 5) is 4.82. The van der Waals surface area contributed by atoms with E-state index in [0.717, 1.165) is 42.2 Å². The van der Waals surface area contributed by atoms with Crippen molar-refractivity contribution < 1.29 is 5.11 Å². The highest BCUT2D eigenvalue weighted by Crippen LogP contribution is 2.34. The van der Waals surface area contributed by atoms with Gasteiger partial charge in [0.25, 0.3) is 0 Å². The van der Waals surface area contributed by atoms with Crippen molar-refractivity contribution in [3.8, 4) is 0 Å². The lowest BCUT2D eigenvalue weighted by Crippen LogP contribution is -2.37. The third-order valence-corrected chi connectivity index (χ3v) is 7.33. The fraction of sp³-hybridized carbons (Fsp3) is 0.500. The molecule has 0 saturated heterocycles. The van der Waals surface area contributed by atoms with E-state index in [-0.39, 0.29) is 0 Å². The average Bonchev–Trinajstić information content (AvgIpc) is 3.32. The molecule has 31 heavy (non-hydrogen) atoms. The SMILES string of the molecule is CC(O)Cc1nc2cc(Cl)ccc2n1[C@H]1CC[C@@H](NCC2Cc3ccccc3C2)CC1. The smallest absolute Gasteiger partial charge is 0.112 e. The number of nitrogens with one attached hydrogen (secondary N) is 1. The van der Waals surface area contributed by atoms with Gasteiger partial charge in [0.05, 0.1) is 17.1 Å². The number of benzene rings is 2. The summed E-state index contributed by atoms with van der Waals surface area (Å²) in [5.74, 6) is 1.71. The Morgan fingerprint density at radius 3 is 2.48 bits per heavy atom. The summed E-state index contributed by atoms with van der Waals surface area (Å²) in [6.07, 6.45) is 7.26. The molecule has 2 N–H and O–H groups in total. The lowest BCUT2D eigenvalue weighted by atomic mass is 9.90. The molecule has 1 aromatic heterocycles. The highest BCUT2D eigenvalue weighted by atomic mass is 35.5. The number of aliphatic hydroxyl groups excluding tert-OH is 1. The summed E-state index contributed by atoms with van der Waals surface area (Å²) < 4.78 is 2.38. The lowest BCUT2D eigenvalue weighted by Gasteiger charge is -2.32. The molecule has 2 aliphatic rings. The summed E-state index contributed by atoms with van der Waals surface area (Å²) in [6, 6.07) is 15.9. The van der Waals surface area contributed by atoms with Crippen LogP contribution in [0.4, 0.5) is 0 Å². The van der Waals surface area contributed by atoms with Crippen LogP contribution in [0.1, 0.15) is 55.6 Å². The molecule has 2 aromatic carbocycles. The Morgan fingerprint density at radius 1 is 1.10 bits per heavy atom. The molecule has 1 saturated carbocycles. The highest BCUT2D eigenvalue weighted by molar-refractivity contribution is 6.31. The maximum atomic E-state index is 10.00. The molecule has 1 unspecified atom stereocenters. The molecule has 2 aliphatic carbocycles. The van der Waals surface area contributed by atoms with Gasteiger partial charge in [-0.05, 0) is 87.2 Å². The largest absolute Gasteiger partial charge is 0.393 e. The monoisotopic (exact) mass is 437 g/mol. The van der Waals surface area contributed by atoms with Gasteiger partial charge in [-0.2, -0.15) is 0 Å². The molecule has 1 atom stereocenters. The first-order chi connectivity index (χ1) is 15.1. The molecule has 1 heterocycles. The fourth-order valence-corrected chi connectivity index (χ4v) is 5.77. The summed E-state index contributed by atoms with van der Waals surface area (Å²) in [5, 5.41) is 14.6. The topological polar surface area (TPSA) is 50.1 Å². The van der Waals surface area contributed by atoms with Gasteiger partial charge in [-0.15, -0.1) is 0 Å². The molecule has 0 bridgehead atoms. The molecule has 5 heteroatoms. The quantitative estimate of drug-likeness (QED) is 0.564. The van der Waals surface area contributed by atoms with Crippen molar-refractivity contribution >= 4 is 22.6 Å². The number of rotatable bonds is 6. The van der Waals surface area contributed by atoms with Crippen LogP contribution in [0.25, 0.3) is 11.0 Å². The summed E-state index contributed by atoms with van der Waals surface area (Å²) in [5.41, 5.74) is 5.15. The number of nitrogens with zero attached hydrogens (tertiary/aromatic N) is 2. The summed E-state index contributed by atoms with van der Waals surface area (Å²) in [7, 11) is 0. The van der Waals surface area contributed by atoms with Crippen molar-refractivity contribution in [2.24, 2.45) is 5.92 Å². The van der Waals surface area contributed by atoms with E-state index < -0.39 is 6.10 Å². The zero-order chi connectivity index (χ0) is 21.4. The van der Waals surface area contributed by atoms with E-state index in [2.05, 4.69) is 40.2 Å². The maximum Gasteiger partial charge on any atom is 0.112 e. The predicted molar refractivity (Wildman–Crippen MR) is 127 cm³/mol. The summed E-state index contributed by atoms with van der Waals surface area (Å²) >= 11 is 6.20. The number of aromatic nitrogens is 2. The Morgan fingerprint density at radius 2 is 1.81 bits per heavy atom. The van der Waals surface area contributed by atoms with E-state index in [1.807, 2.05) is 19.1 Å². The van der Waals surface area contributed by atoms with Crippen molar-refractivity contribution in [1.82, 2.24) is 14.9 Å². The molecule has 3 aromatic rings. The predicted octanol–water partition coefficient (Wildman–Crippen LogP) is 5.10. The van der Waals surface area contributed by atoms with Crippen molar-refractivity contribution in [2.45, 2.75) is 70.1 Å². The second kappa shape index (κ2) is 8.93. The van der Waals surface area contributed by atoms with Gasteiger partial charge in [-0.3, -0.25) is 0 Å². The van der Waals surface area contributed by atoms with Gasteiger partial charge in [-0.1, -0.05) is 35.9 Å². The number of fused-ring (bicyclic) bond motifs is 2. The molecular formula is C26H32ClN3O. The fourth-order valence-electron chi connectivity index (χ4n) is 5.60. The van der Waals surface area contributed by atoms with Crippen molar-refractivity contribution in [3.63, 3.8) is 0 Å². The van der Waals surface area contributed by atoms with Gasteiger partial charge in [0.15, 0.2) is 0 Å². The zero-order valence-electron chi connectivity index (χ0n) is 18.2. The molecule has 0 spiro atoms. The first-order valence-electron chi connectivity index (χ1n) is 11.7. The Labute approximate surface area is 189 Å². The third kappa shape index (κ3) is 4.52. The minimum atomic E-state index is -0.403. The van der Waals surface area contributed by atoms with Crippen LogP contribution in [0.2, 0.25) is 5.02 Å². The van der Waals surface area contributed by atoms with Crippen LogP contribution in [-0.2, 0) is 19.3 Å². The number of aliphatic hydroxyl groups is 1. The molecule has 0 radical (unpaired) electrons. The standard InChI is InChI=1S/C26H32ClN3O/c1-17(31)12-26-29-24-15-21(27)6-11-25(24)30(26)23-9-7-22(8-10-23)28-16-18-13-19-4-2-3-5-20(19)14-18/h2-6,11,15,17-18,22-23,28,31H,7-10,12-14,16H2,1H3/t17?,22-,23+. The van der Waals surface area contributed by atoms with Crippen LogP contribution in [-0.4, -0.2) is 33.3 Å². The van der Waals surface area contributed by atoms with Gasteiger partial charge in [0, 0.05) is 23.5 Å². The number of halogens is 1. The third-order valence-electron chi connectivity index (χ3n) is 7.10. The van der Waals surface area contributed by atoms with Crippen LogP contribution >= 0.6 is 11.6 Å². The van der Waals surface area contributed by atoms with Crippen molar-refractivity contribution in [2.75, 3.05) is 6.54 Å². The van der Waals surface area contributed by atoms with Crippen LogP contribution in [0, 0.1) is 5.92 Å². The first-order valence-corrected chi connectivity index (χ1v) is 12.1. The first kappa shape index (κ1) is 21.0. The molecule has 4 nitrogen and oxygen atoms in total. The second-order valence-electron chi connectivity index (χ2n) is 9.54. The molecular weight excluding hydrogens is 406 g/mol. The van der Waals surface area contributed by atoms with E-state index in [9.17, 15) is 5.11 Å². The minimum Gasteiger partial charge on any atom is -0.393 e. The van der Waals surface area contributed by atoms with E-state index in [1.54, 1.807) is 0 Å². The van der Waals surface area contributed by atoms with Crippen LogP contribution in [0.3, 0.4) is 0 Å². The van der Waals surface area contributed by atoms with Crippen molar-refractivity contribution in [1.29, 1.82) is 0 Å². The second-order valence-corrected chi connectivity index (χ2v) is 9.98. The van der Waals surface area contributed by atoms with Gasteiger partial charge in [0.2, 0.25) is 0 Å². The maximum absolute atomic E-state index is 10.00. The highest BCUT2D eigenvalue weighted by Gasteiger charge is 2.27. The van der Waals surface area contributed by atoms with Gasteiger partial charge in [-0.25, -0.2) is 4.98 Å². The molecule has 0 aliphatic heterocycles.